The van der Waals surface area contributed by atoms with Crippen LogP contribution in [0.15, 0.2) is 0 Å². The summed E-state index contributed by atoms with van der Waals surface area (Å²) < 4.78 is 5.27. The average molecular weight is 314 g/mol. The maximum absolute atomic E-state index is 11.8. The van der Waals surface area contributed by atoms with Gasteiger partial charge in [-0.15, -0.1) is 0 Å². The predicted molar refractivity (Wildman–Crippen MR) is 85.6 cm³/mol. The summed E-state index contributed by atoms with van der Waals surface area (Å²) >= 11 is 0. The van der Waals surface area contributed by atoms with E-state index in [9.17, 15) is 9.59 Å². The van der Waals surface area contributed by atoms with E-state index in [-0.39, 0.29) is 18.2 Å². The van der Waals surface area contributed by atoms with E-state index in [4.69, 9.17) is 10.5 Å². The summed E-state index contributed by atoms with van der Waals surface area (Å²) in [7, 11) is 0. The van der Waals surface area contributed by atoms with Crippen LogP contribution in [0.4, 0.5) is 9.59 Å². The number of hydrogen-bond donors (Lipinski definition) is 3. The van der Waals surface area contributed by atoms with Crippen LogP contribution in [-0.2, 0) is 4.74 Å². The zero-order valence-corrected chi connectivity index (χ0v) is 14.1. The average Bonchev–Trinajstić information content (AvgIpc) is 2.41. The SMILES string of the molecule is CCC(CNC1CCN(C(N)=O)CC1)NC(=O)OC(C)(C)C. The Kier molecular flexibility index (Phi) is 6.93. The number of hydrogen-bond acceptors (Lipinski definition) is 4. The van der Waals surface area contributed by atoms with Crippen LogP contribution >= 0.6 is 0 Å². The van der Waals surface area contributed by atoms with Crippen molar-refractivity contribution in [1.29, 1.82) is 0 Å². The molecular formula is C15H30N4O3. The van der Waals surface area contributed by atoms with Crippen molar-refractivity contribution in [3.8, 4) is 0 Å². The Morgan fingerprint density at radius 2 is 1.91 bits per heavy atom. The number of carbonyl (C=O) groups excluding carboxylic acids is 2. The standard InChI is InChI=1S/C15H30N4O3/c1-5-11(18-14(21)22-15(2,3)4)10-17-12-6-8-19(9-7-12)13(16)20/h11-12,17H,5-10H2,1-4H3,(H2,16,20)(H,18,21). The van der Waals surface area contributed by atoms with Gasteiger partial charge in [0.1, 0.15) is 5.60 Å². The number of urea groups is 1. The van der Waals surface area contributed by atoms with Gasteiger partial charge < -0.3 is 26.0 Å². The van der Waals surface area contributed by atoms with Crippen LogP contribution in [0.25, 0.3) is 0 Å². The van der Waals surface area contributed by atoms with E-state index in [1.165, 1.54) is 0 Å². The molecule has 1 atom stereocenters. The van der Waals surface area contributed by atoms with Crippen LogP contribution in [0, 0.1) is 0 Å². The molecule has 3 amide bonds. The quantitative estimate of drug-likeness (QED) is 0.715. The fraction of sp³-hybridized carbons (Fsp3) is 0.867. The van der Waals surface area contributed by atoms with E-state index in [0.717, 1.165) is 19.3 Å². The van der Waals surface area contributed by atoms with Gasteiger partial charge in [0.2, 0.25) is 0 Å². The van der Waals surface area contributed by atoms with Crippen LogP contribution in [-0.4, -0.2) is 54.3 Å². The van der Waals surface area contributed by atoms with Gasteiger partial charge in [-0.2, -0.15) is 0 Å². The molecule has 0 aromatic rings. The van der Waals surface area contributed by atoms with Crippen molar-refractivity contribution in [2.45, 2.75) is 64.6 Å². The molecule has 7 heteroatoms. The number of nitrogens with two attached hydrogens (primary N) is 1. The van der Waals surface area contributed by atoms with Gasteiger partial charge in [0.15, 0.2) is 0 Å². The number of nitrogens with one attached hydrogen (secondary N) is 2. The first-order chi connectivity index (χ1) is 10.2. The molecule has 22 heavy (non-hydrogen) atoms. The largest absolute Gasteiger partial charge is 0.444 e. The van der Waals surface area contributed by atoms with Crippen LogP contribution in [0.2, 0.25) is 0 Å². The van der Waals surface area contributed by atoms with Crippen molar-refractivity contribution < 1.29 is 14.3 Å². The number of nitrogens with zero attached hydrogens (tertiary/aromatic N) is 1. The minimum absolute atomic E-state index is 0.0315. The minimum atomic E-state index is -0.489. The first kappa shape index (κ1) is 18.5. The topological polar surface area (TPSA) is 96.7 Å². The number of ether oxygens (including phenoxy) is 1. The summed E-state index contributed by atoms with van der Waals surface area (Å²) in [5.74, 6) is 0. The number of rotatable bonds is 5. The van der Waals surface area contributed by atoms with Gasteiger partial charge in [-0.05, 0) is 40.0 Å². The number of piperidine rings is 1. The summed E-state index contributed by atoms with van der Waals surface area (Å²) in [6.07, 6.45) is 2.20. The van der Waals surface area contributed by atoms with Gasteiger partial charge in [-0.25, -0.2) is 9.59 Å². The highest BCUT2D eigenvalue weighted by Crippen LogP contribution is 2.10. The third kappa shape index (κ3) is 6.98. The molecule has 0 aliphatic carbocycles. The molecule has 1 aliphatic rings. The molecular weight excluding hydrogens is 284 g/mol. The van der Waals surface area contributed by atoms with Gasteiger partial charge in [-0.1, -0.05) is 6.92 Å². The van der Waals surface area contributed by atoms with Gasteiger partial charge in [0, 0.05) is 31.7 Å². The molecule has 0 aromatic heterocycles. The van der Waals surface area contributed by atoms with Crippen molar-refractivity contribution in [2.24, 2.45) is 5.73 Å². The third-order valence-electron chi connectivity index (χ3n) is 3.67. The van der Waals surface area contributed by atoms with Crippen molar-refractivity contribution in [3.63, 3.8) is 0 Å². The van der Waals surface area contributed by atoms with E-state index in [1.807, 2.05) is 27.7 Å². The zero-order chi connectivity index (χ0) is 16.8. The Labute approximate surface area is 132 Å². The molecule has 0 bridgehead atoms. The van der Waals surface area contributed by atoms with Crippen LogP contribution < -0.4 is 16.4 Å². The molecule has 1 heterocycles. The van der Waals surface area contributed by atoms with Crippen molar-refractivity contribution in [1.82, 2.24) is 15.5 Å². The maximum Gasteiger partial charge on any atom is 0.407 e. The maximum atomic E-state index is 11.8. The smallest absolute Gasteiger partial charge is 0.407 e. The van der Waals surface area contributed by atoms with Crippen molar-refractivity contribution in [3.05, 3.63) is 0 Å². The first-order valence-corrected chi connectivity index (χ1v) is 7.98. The number of carbonyl (C=O) groups is 2. The number of likely N-dealkylation sites (tertiary alicyclic amines) is 1. The van der Waals surface area contributed by atoms with Gasteiger partial charge >= 0.3 is 12.1 Å². The highest BCUT2D eigenvalue weighted by Gasteiger charge is 2.23. The van der Waals surface area contributed by atoms with Crippen LogP contribution in [0.1, 0.15) is 47.0 Å². The lowest BCUT2D eigenvalue weighted by molar-refractivity contribution is 0.0501. The van der Waals surface area contributed by atoms with Gasteiger partial charge in [0.25, 0.3) is 0 Å². The second-order valence-electron chi connectivity index (χ2n) is 6.76. The van der Waals surface area contributed by atoms with E-state index in [2.05, 4.69) is 10.6 Å². The molecule has 1 saturated heterocycles. The Morgan fingerprint density at radius 1 is 1.32 bits per heavy atom. The Morgan fingerprint density at radius 3 is 2.36 bits per heavy atom. The Balaban J connectivity index is 2.30. The minimum Gasteiger partial charge on any atom is -0.444 e. The molecule has 4 N–H and O–H groups in total. The van der Waals surface area contributed by atoms with E-state index >= 15 is 0 Å². The van der Waals surface area contributed by atoms with Crippen molar-refractivity contribution in [2.75, 3.05) is 19.6 Å². The predicted octanol–water partition coefficient (Wildman–Crippen LogP) is 1.42. The molecule has 128 valence electrons. The molecule has 0 aromatic carbocycles. The molecule has 0 radical (unpaired) electrons. The lowest BCUT2D eigenvalue weighted by Gasteiger charge is -2.32. The molecule has 1 fully saturated rings. The summed E-state index contributed by atoms with van der Waals surface area (Å²) in [5.41, 5.74) is 4.78. The summed E-state index contributed by atoms with van der Waals surface area (Å²) in [6.45, 7) is 9.62. The van der Waals surface area contributed by atoms with Crippen LogP contribution in [0.3, 0.4) is 0 Å². The normalized spacial score (nSPS) is 17.9. The number of amides is 3. The first-order valence-electron chi connectivity index (χ1n) is 7.98. The lowest BCUT2D eigenvalue weighted by Crippen LogP contribution is -2.50. The highest BCUT2D eigenvalue weighted by molar-refractivity contribution is 5.72. The number of alkyl carbamates (subject to hydrolysis) is 1. The fourth-order valence-corrected chi connectivity index (χ4v) is 2.38. The summed E-state index contributed by atoms with van der Waals surface area (Å²) in [5, 5.41) is 6.33. The van der Waals surface area contributed by atoms with Crippen molar-refractivity contribution >= 4 is 12.1 Å². The second kappa shape index (κ2) is 8.22. The second-order valence-corrected chi connectivity index (χ2v) is 6.76. The van der Waals surface area contributed by atoms with Gasteiger partial charge in [0.05, 0.1) is 0 Å². The molecule has 7 nitrogen and oxygen atoms in total. The Bertz CT molecular complexity index is 373. The fourth-order valence-electron chi connectivity index (χ4n) is 2.38. The lowest BCUT2D eigenvalue weighted by atomic mass is 10.0. The molecule has 1 rings (SSSR count). The number of primary amides is 1. The molecule has 0 spiro atoms. The summed E-state index contributed by atoms with van der Waals surface area (Å²) in [4.78, 5) is 24.5. The van der Waals surface area contributed by atoms with E-state index in [0.29, 0.717) is 25.7 Å². The highest BCUT2D eigenvalue weighted by atomic mass is 16.6. The van der Waals surface area contributed by atoms with Crippen LogP contribution in [0.5, 0.6) is 0 Å². The monoisotopic (exact) mass is 314 g/mol. The molecule has 1 aliphatic heterocycles. The molecule has 0 saturated carbocycles. The third-order valence-corrected chi connectivity index (χ3v) is 3.67. The van der Waals surface area contributed by atoms with Gasteiger partial charge in [-0.3, -0.25) is 0 Å². The summed E-state index contributed by atoms with van der Waals surface area (Å²) in [6, 6.07) is 0.0329. The Hall–Kier alpha value is -1.50. The zero-order valence-electron chi connectivity index (χ0n) is 14.1. The van der Waals surface area contributed by atoms with E-state index < -0.39 is 5.60 Å². The van der Waals surface area contributed by atoms with E-state index in [1.54, 1.807) is 4.90 Å². The molecule has 1 unspecified atom stereocenters.